The number of halogens is 2. The van der Waals surface area contributed by atoms with Crippen LogP contribution in [-0.4, -0.2) is 3.21 Å². The molecule has 1 fully saturated rings. The van der Waals surface area contributed by atoms with E-state index < -0.39 is 0 Å². The molecule has 0 saturated heterocycles. The van der Waals surface area contributed by atoms with Crippen LogP contribution in [0.15, 0.2) is 132 Å². The second-order valence-corrected chi connectivity index (χ2v) is 18.4. The Kier molecular flexibility index (Phi) is 14.1. The monoisotopic (exact) mass is 892 g/mol. The van der Waals surface area contributed by atoms with E-state index in [4.69, 9.17) is 0 Å². The summed E-state index contributed by atoms with van der Waals surface area (Å²) in [7, 11) is 0. The van der Waals surface area contributed by atoms with Gasteiger partial charge in [-0.25, -0.2) is 18.1 Å². The minimum atomic E-state index is 0. The van der Waals surface area contributed by atoms with Gasteiger partial charge in [0.05, 0.1) is 0 Å². The van der Waals surface area contributed by atoms with Gasteiger partial charge in [0.25, 0.3) is 0 Å². The van der Waals surface area contributed by atoms with E-state index in [1.807, 2.05) is 12.2 Å². The summed E-state index contributed by atoms with van der Waals surface area (Å²) in [5.74, 6) is 2.24. The van der Waals surface area contributed by atoms with E-state index in [2.05, 4.69) is 165 Å². The van der Waals surface area contributed by atoms with E-state index in [1.165, 1.54) is 35.1 Å². The summed E-state index contributed by atoms with van der Waals surface area (Å²) < 4.78 is 1.60. The Labute approximate surface area is 351 Å². The van der Waals surface area contributed by atoms with Crippen molar-refractivity contribution in [3.05, 3.63) is 166 Å². The summed E-state index contributed by atoms with van der Waals surface area (Å²) in [6.07, 6.45) is 20.7. The Hall–Kier alpha value is -2.06. The van der Waals surface area contributed by atoms with E-state index in [0.29, 0.717) is 5.92 Å². The molecule has 0 aliphatic heterocycles. The van der Waals surface area contributed by atoms with E-state index in [1.54, 1.807) is 55.7 Å². The minimum absolute atomic E-state index is 0. The van der Waals surface area contributed by atoms with Crippen molar-refractivity contribution in [1.29, 1.82) is 0 Å². The van der Waals surface area contributed by atoms with Crippen LogP contribution >= 0.6 is 0 Å². The van der Waals surface area contributed by atoms with Crippen molar-refractivity contribution >= 4 is 8.78 Å². The molecule has 0 spiro atoms. The first-order chi connectivity index (χ1) is 23.8. The molecule has 3 aromatic carbocycles. The van der Waals surface area contributed by atoms with Crippen molar-refractivity contribution in [3.63, 3.8) is 0 Å². The molecule has 0 amide bonds. The third kappa shape index (κ3) is 7.59. The zero-order chi connectivity index (χ0) is 35.7. The van der Waals surface area contributed by atoms with Crippen LogP contribution in [-0.2, 0) is 43.5 Å². The Balaban J connectivity index is 0.000000221. The third-order valence-corrected chi connectivity index (χ3v) is 14.8. The summed E-state index contributed by atoms with van der Waals surface area (Å²) in [5, 5.41) is 0. The van der Waals surface area contributed by atoms with Gasteiger partial charge in [-0.2, -0.15) is 17.2 Å². The molecule has 1 saturated carbocycles. The zero-order valence-electron chi connectivity index (χ0n) is 32.5. The topological polar surface area (TPSA) is 0 Å². The van der Waals surface area contributed by atoms with Crippen LogP contribution < -0.4 is 34.0 Å². The van der Waals surface area contributed by atoms with Crippen LogP contribution in [0, 0.1) is 39.6 Å². The second-order valence-electron chi connectivity index (χ2n) is 16.7. The Morgan fingerprint density at radius 3 is 1.88 bits per heavy atom. The molecule has 0 heterocycles. The zero-order valence-corrected chi connectivity index (χ0v) is 38.2. The van der Waals surface area contributed by atoms with Gasteiger partial charge in [0.2, 0.25) is 0 Å². The molecular weight excluding hydrogens is 840 g/mol. The first kappa shape index (κ1) is 42.7. The van der Waals surface area contributed by atoms with E-state index >= 15 is 0 Å². The third-order valence-electron chi connectivity index (χ3n) is 13.9. The molecule has 0 bridgehead atoms. The Morgan fingerprint density at radius 1 is 0.769 bits per heavy atom. The first-order valence-corrected chi connectivity index (χ1v) is 20.0. The average molecular weight is 896 g/mol. The number of hydrogen-bond acceptors (Lipinski definition) is 0. The Morgan fingerprint density at radius 2 is 1.35 bits per heavy atom. The molecule has 5 aliphatic carbocycles. The van der Waals surface area contributed by atoms with Crippen LogP contribution in [0.5, 0.6) is 0 Å². The van der Waals surface area contributed by atoms with Gasteiger partial charge in [0, 0.05) is 0 Å². The van der Waals surface area contributed by atoms with E-state index in [-0.39, 0.29) is 55.6 Å². The van der Waals surface area contributed by atoms with E-state index in [9.17, 15) is 0 Å². The fourth-order valence-corrected chi connectivity index (χ4v) is 10.7. The SMILES string of the molecule is C[C-]1C2=C3Cc4ccccc4C3=C3C=CCCC3C2(C)C(C)(C)C(C)(C)C1(C)C.[Br-].[Br-].[C-]1=CC=CC1.[Zr+2]=[C](Cc1ccccc1)Cc1ccccc1. The van der Waals surface area contributed by atoms with Crippen molar-refractivity contribution in [2.24, 2.45) is 27.6 Å². The average Bonchev–Trinajstić information content (AvgIpc) is 3.81. The van der Waals surface area contributed by atoms with Crippen molar-refractivity contribution < 1.29 is 58.2 Å². The van der Waals surface area contributed by atoms with Gasteiger partial charge >= 0.3 is 112 Å². The fourth-order valence-electron chi connectivity index (χ4n) is 9.66. The molecule has 8 rings (SSSR count). The van der Waals surface area contributed by atoms with Gasteiger partial charge in [-0.3, -0.25) is 6.08 Å². The van der Waals surface area contributed by atoms with Crippen LogP contribution in [0.25, 0.3) is 5.57 Å². The van der Waals surface area contributed by atoms with Crippen LogP contribution in [0.1, 0.15) is 96.9 Å². The van der Waals surface area contributed by atoms with Crippen LogP contribution in [0.3, 0.4) is 0 Å². The number of fused-ring (bicyclic) bond motifs is 6. The molecule has 0 aromatic heterocycles. The molecular formula is C49H56Br2Zr-2. The van der Waals surface area contributed by atoms with Gasteiger partial charge in [0.1, 0.15) is 0 Å². The molecule has 2 atom stereocenters. The van der Waals surface area contributed by atoms with Gasteiger partial charge in [-0.1, -0.05) is 113 Å². The molecule has 52 heavy (non-hydrogen) atoms. The normalized spacial score (nSPS) is 23.3. The molecule has 2 unspecified atom stereocenters. The standard InChI is InChI=1S/C29H37.C15H14.C5H5.2BrH.Zr/c1-18-25-22-17-19-13-9-10-14-20(19)24(22)21-15-11-12-16-23(21)29(25,8)28(6,7)27(4,5)26(18,2)3;1-3-8-14(9-4-1)12-7-13-15-10-5-2-6-11-15;1-2-4-5-3-1;;;/h9-11,13-15,23H,12,16-17H2,1-8H3;1-6,8-11H,12-13H2;1-3H,4H2;2*1H;/q-1;;-1;;;+2/p-2. The number of benzene rings is 3. The number of allylic oxidation sites excluding steroid dienone is 10. The molecule has 0 radical (unpaired) electrons. The van der Waals surface area contributed by atoms with Crippen molar-refractivity contribution in [3.8, 4) is 0 Å². The van der Waals surface area contributed by atoms with Gasteiger partial charge in [-0.15, -0.1) is 13.3 Å². The number of rotatable bonds is 4. The quantitative estimate of drug-likeness (QED) is 0.264. The summed E-state index contributed by atoms with van der Waals surface area (Å²) in [5.41, 5.74) is 13.1. The van der Waals surface area contributed by atoms with Crippen molar-refractivity contribution in [2.45, 2.75) is 93.9 Å². The molecule has 3 aromatic rings. The molecule has 272 valence electrons. The fraction of sp³-hybridized carbons (Fsp3) is 0.388. The van der Waals surface area contributed by atoms with Gasteiger partial charge in [-0.05, 0) is 40.6 Å². The predicted octanol–water partition coefficient (Wildman–Crippen LogP) is 6.47. The summed E-state index contributed by atoms with van der Waals surface area (Å²) >= 11 is 1.55. The molecule has 0 nitrogen and oxygen atoms in total. The summed E-state index contributed by atoms with van der Waals surface area (Å²) in [4.78, 5) is 0. The summed E-state index contributed by atoms with van der Waals surface area (Å²) in [6, 6.07) is 30.6. The van der Waals surface area contributed by atoms with Gasteiger partial charge in [0.15, 0.2) is 0 Å². The summed E-state index contributed by atoms with van der Waals surface area (Å²) in [6.45, 7) is 20.3. The maximum absolute atomic E-state index is 2.99. The molecule has 5 aliphatic rings. The maximum atomic E-state index is 2.99. The van der Waals surface area contributed by atoms with Gasteiger partial charge < -0.3 is 34.0 Å². The first-order valence-electron chi connectivity index (χ1n) is 18.8. The van der Waals surface area contributed by atoms with Crippen LogP contribution in [0.2, 0.25) is 0 Å². The number of hydrogen-bond donors (Lipinski definition) is 0. The second kappa shape index (κ2) is 17.2. The van der Waals surface area contributed by atoms with Crippen molar-refractivity contribution in [1.82, 2.24) is 0 Å². The van der Waals surface area contributed by atoms with Crippen LogP contribution in [0.4, 0.5) is 0 Å². The predicted molar refractivity (Wildman–Crippen MR) is 211 cm³/mol. The Bertz CT molecular complexity index is 1810. The van der Waals surface area contributed by atoms with Crippen molar-refractivity contribution in [2.75, 3.05) is 0 Å². The van der Waals surface area contributed by atoms with E-state index in [0.717, 1.165) is 25.7 Å². The molecule has 0 N–H and O–H groups in total. The molecule has 3 heteroatoms.